The first-order valence-corrected chi connectivity index (χ1v) is 8.09. The maximum absolute atomic E-state index is 13.2. The van der Waals surface area contributed by atoms with Crippen LogP contribution in [-0.2, 0) is 14.8 Å². The lowest BCUT2D eigenvalue weighted by atomic mass is 9.90. The van der Waals surface area contributed by atoms with E-state index in [9.17, 15) is 17.6 Å². The Balaban J connectivity index is 2.33. The van der Waals surface area contributed by atoms with Crippen molar-refractivity contribution in [2.24, 2.45) is 5.41 Å². The van der Waals surface area contributed by atoms with Gasteiger partial charge in [0, 0.05) is 13.1 Å². The van der Waals surface area contributed by atoms with Crippen LogP contribution in [0.4, 0.5) is 4.39 Å². The Hall–Kier alpha value is -0.990. The van der Waals surface area contributed by atoms with Crippen molar-refractivity contribution < 1.29 is 22.7 Å². The van der Waals surface area contributed by atoms with E-state index < -0.39 is 27.2 Å². The third-order valence-corrected chi connectivity index (χ3v) is 5.93. The predicted molar refractivity (Wildman–Crippen MR) is 73.2 cm³/mol. The van der Waals surface area contributed by atoms with Crippen molar-refractivity contribution >= 4 is 31.9 Å². The van der Waals surface area contributed by atoms with Crippen LogP contribution in [-0.4, -0.2) is 36.9 Å². The Bertz CT molecular complexity index is 663. The lowest BCUT2D eigenvalue weighted by Crippen LogP contribution is -2.34. The number of hydrogen-bond acceptors (Lipinski definition) is 3. The van der Waals surface area contributed by atoms with Gasteiger partial charge in [0.2, 0.25) is 10.0 Å². The molecule has 2 rings (SSSR count). The van der Waals surface area contributed by atoms with Gasteiger partial charge in [0.15, 0.2) is 0 Å². The van der Waals surface area contributed by atoms with Gasteiger partial charge in [0.1, 0.15) is 5.82 Å². The molecule has 0 aliphatic carbocycles. The summed E-state index contributed by atoms with van der Waals surface area (Å²) in [5, 5.41) is 9.13. The van der Waals surface area contributed by atoms with Crippen molar-refractivity contribution in [3.05, 3.63) is 28.5 Å². The summed E-state index contributed by atoms with van der Waals surface area (Å²) in [6.07, 6.45) is 0.254. The molecule has 0 radical (unpaired) electrons. The van der Waals surface area contributed by atoms with Crippen LogP contribution >= 0.6 is 15.9 Å². The van der Waals surface area contributed by atoms with Gasteiger partial charge in [-0.15, -0.1) is 0 Å². The summed E-state index contributed by atoms with van der Waals surface area (Å²) in [6, 6.07) is 3.41. The third kappa shape index (κ3) is 2.59. The Morgan fingerprint density at radius 1 is 1.50 bits per heavy atom. The fourth-order valence-electron chi connectivity index (χ4n) is 2.08. The second kappa shape index (κ2) is 5.09. The number of carboxylic acid groups (broad SMARTS) is 1. The number of rotatable bonds is 3. The van der Waals surface area contributed by atoms with Crippen molar-refractivity contribution in [2.45, 2.75) is 18.2 Å². The van der Waals surface area contributed by atoms with E-state index >= 15 is 0 Å². The van der Waals surface area contributed by atoms with Crippen LogP contribution in [0, 0.1) is 11.2 Å². The molecule has 1 saturated heterocycles. The molecule has 1 N–H and O–H groups in total. The number of nitrogens with zero attached hydrogens (tertiary/aromatic N) is 1. The zero-order valence-corrected chi connectivity index (χ0v) is 13.0. The normalized spacial score (nSPS) is 23.9. The summed E-state index contributed by atoms with van der Waals surface area (Å²) in [5.41, 5.74) is -1.08. The summed E-state index contributed by atoms with van der Waals surface area (Å²) < 4.78 is 39.1. The quantitative estimate of drug-likeness (QED) is 0.889. The molecule has 1 aromatic rings. The van der Waals surface area contributed by atoms with E-state index in [1.165, 1.54) is 19.1 Å². The second-order valence-corrected chi connectivity index (χ2v) is 7.82. The molecule has 1 heterocycles. The highest BCUT2D eigenvalue weighted by atomic mass is 79.9. The van der Waals surface area contributed by atoms with E-state index in [1.54, 1.807) is 0 Å². The summed E-state index contributed by atoms with van der Waals surface area (Å²) in [6.45, 7) is 1.57. The van der Waals surface area contributed by atoms with Crippen molar-refractivity contribution in [2.75, 3.05) is 13.1 Å². The molecule has 1 aliphatic rings. The first kappa shape index (κ1) is 15.4. The van der Waals surface area contributed by atoms with Gasteiger partial charge in [-0.3, -0.25) is 4.79 Å². The van der Waals surface area contributed by atoms with E-state index in [0.717, 1.165) is 10.4 Å². The van der Waals surface area contributed by atoms with Gasteiger partial charge in [-0.1, -0.05) is 0 Å². The lowest BCUT2D eigenvalue weighted by Gasteiger charge is -2.20. The number of hydrogen-bond donors (Lipinski definition) is 1. The van der Waals surface area contributed by atoms with E-state index in [0.29, 0.717) is 0 Å². The SMILES string of the molecule is CC1(C(=O)O)CCN(S(=O)(=O)c2ccc(F)c(Br)c2)C1. The van der Waals surface area contributed by atoms with Crippen LogP contribution in [0.3, 0.4) is 0 Å². The van der Waals surface area contributed by atoms with Crippen LogP contribution in [0.25, 0.3) is 0 Å². The van der Waals surface area contributed by atoms with Gasteiger partial charge in [-0.05, 0) is 47.5 Å². The maximum Gasteiger partial charge on any atom is 0.310 e. The molecule has 110 valence electrons. The summed E-state index contributed by atoms with van der Waals surface area (Å²) in [5.74, 6) is -1.57. The molecule has 0 aromatic heterocycles. The Kier molecular flexibility index (Phi) is 3.92. The lowest BCUT2D eigenvalue weighted by molar-refractivity contribution is -0.146. The number of sulfonamides is 1. The van der Waals surface area contributed by atoms with Gasteiger partial charge in [0.05, 0.1) is 14.8 Å². The average molecular weight is 366 g/mol. The number of aliphatic carboxylic acids is 1. The van der Waals surface area contributed by atoms with E-state index in [4.69, 9.17) is 5.11 Å². The topological polar surface area (TPSA) is 74.7 Å². The van der Waals surface area contributed by atoms with Crippen LogP contribution in [0.15, 0.2) is 27.6 Å². The first-order chi connectivity index (χ1) is 9.17. The highest BCUT2D eigenvalue weighted by Crippen LogP contribution is 2.34. The van der Waals surface area contributed by atoms with Crippen LogP contribution in [0.1, 0.15) is 13.3 Å². The molecule has 5 nitrogen and oxygen atoms in total. The predicted octanol–water partition coefficient (Wildman–Crippen LogP) is 2.07. The summed E-state index contributed by atoms with van der Waals surface area (Å²) >= 11 is 2.94. The largest absolute Gasteiger partial charge is 0.481 e. The van der Waals surface area contributed by atoms with E-state index in [1.807, 2.05) is 0 Å². The molecule has 1 aromatic carbocycles. The molecule has 20 heavy (non-hydrogen) atoms. The molecule has 8 heteroatoms. The molecule has 1 aliphatic heterocycles. The Labute approximate surface area is 124 Å². The summed E-state index contributed by atoms with van der Waals surface area (Å²) in [4.78, 5) is 11.1. The zero-order chi connectivity index (χ0) is 15.1. The average Bonchev–Trinajstić information content (AvgIpc) is 2.77. The first-order valence-electron chi connectivity index (χ1n) is 5.85. The fourth-order valence-corrected chi connectivity index (χ4v) is 4.21. The molecular formula is C12H13BrFNO4S. The Morgan fingerprint density at radius 2 is 2.15 bits per heavy atom. The fraction of sp³-hybridized carbons (Fsp3) is 0.417. The van der Waals surface area contributed by atoms with E-state index in [-0.39, 0.29) is 28.9 Å². The molecule has 0 spiro atoms. The molecule has 0 saturated carbocycles. The highest BCUT2D eigenvalue weighted by Gasteiger charge is 2.44. The van der Waals surface area contributed by atoms with Gasteiger partial charge >= 0.3 is 5.97 Å². The third-order valence-electron chi connectivity index (χ3n) is 3.48. The molecule has 1 unspecified atom stereocenters. The smallest absolute Gasteiger partial charge is 0.310 e. The van der Waals surface area contributed by atoms with Gasteiger partial charge in [-0.2, -0.15) is 4.31 Å². The maximum atomic E-state index is 13.2. The van der Waals surface area contributed by atoms with Crippen molar-refractivity contribution in [1.82, 2.24) is 4.31 Å². The minimum atomic E-state index is -3.81. The van der Waals surface area contributed by atoms with Gasteiger partial charge < -0.3 is 5.11 Å². The summed E-state index contributed by atoms with van der Waals surface area (Å²) in [7, 11) is -3.81. The monoisotopic (exact) mass is 365 g/mol. The van der Waals surface area contributed by atoms with Crippen molar-refractivity contribution in [1.29, 1.82) is 0 Å². The number of carboxylic acids is 1. The van der Waals surface area contributed by atoms with Crippen LogP contribution < -0.4 is 0 Å². The molecule has 1 atom stereocenters. The Morgan fingerprint density at radius 3 is 2.65 bits per heavy atom. The number of carbonyl (C=O) groups is 1. The molecular weight excluding hydrogens is 353 g/mol. The highest BCUT2D eigenvalue weighted by molar-refractivity contribution is 9.10. The standard InChI is InChI=1S/C12H13BrFNO4S/c1-12(11(16)17)4-5-15(7-12)20(18,19)8-2-3-10(14)9(13)6-8/h2-3,6H,4-5,7H2,1H3,(H,16,17). The van der Waals surface area contributed by atoms with Crippen LogP contribution in [0.2, 0.25) is 0 Å². The van der Waals surface area contributed by atoms with Crippen molar-refractivity contribution in [3.8, 4) is 0 Å². The molecule has 0 bridgehead atoms. The van der Waals surface area contributed by atoms with Gasteiger partial charge in [0.25, 0.3) is 0 Å². The van der Waals surface area contributed by atoms with Gasteiger partial charge in [-0.25, -0.2) is 12.8 Å². The minimum Gasteiger partial charge on any atom is -0.481 e. The number of benzene rings is 1. The second-order valence-electron chi connectivity index (χ2n) is 5.03. The minimum absolute atomic E-state index is 0.0544. The molecule has 1 fully saturated rings. The molecule has 0 amide bonds. The van der Waals surface area contributed by atoms with E-state index in [2.05, 4.69) is 15.9 Å². The van der Waals surface area contributed by atoms with Crippen LogP contribution in [0.5, 0.6) is 0 Å². The zero-order valence-electron chi connectivity index (χ0n) is 10.6. The van der Waals surface area contributed by atoms with Crippen molar-refractivity contribution in [3.63, 3.8) is 0 Å². The number of halogens is 2.